The van der Waals surface area contributed by atoms with Crippen LogP contribution in [0, 0.1) is 0 Å². The van der Waals surface area contributed by atoms with Gasteiger partial charge in [0.25, 0.3) is 0 Å². The molecule has 0 spiro atoms. The van der Waals surface area contributed by atoms with Crippen molar-refractivity contribution in [3.05, 3.63) is 29.8 Å². The lowest BCUT2D eigenvalue weighted by atomic mass is 10.1. The third-order valence-electron chi connectivity index (χ3n) is 3.52. The Morgan fingerprint density at radius 1 is 1.48 bits per heavy atom. The molecule has 2 rings (SSSR count). The van der Waals surface area contributed by atoms with E-state index in [9.17, 15) is 9.59 Å². The summed E-state index contributed by atoms with van der Waals surface area (Å²) in [6.07, 6.45) is 0.403. The Morgan fingerprint density at radius 3 is 2.95 bits per heavy atom. The zero-order valence-corrected chi connectivity index (χ0v) is 11.9. The van der Waals surface area contributed by atoms with Crippen LogP contribution >= 0.6 is 0 Å². The van der Waals surface area contributed by atoms with Gasteiger partial charge >= 0.3 is 5.97 Å². The summed E-state index contributed by atoms with van der Waals surface area (Å²) in [5.74, 6) is -0.276. The van der Waals surface area contributed by atoms with Gasteiger partial charge in [0.2, 0.25) is 5.91 Å². The molecule has 6 nitrogen and oxygen atoms in total. The van der Waals surface area contributed by atoms with Crippen LogP contribution in [0.1, 0.15) is 18.4 Å². The summed E-state index contributed by atoms with van der Waals surface area (Å²) in [5, 5.41) is 8.80. The highest BCUT2D eigenvalue weighted by Crippen LogP contribution is 2.23. The number of morpholine rings is 1. The topological polar surface area (TPSA) is 76.1 Å². The van der Waals surface area contributed by atoms with Gasteiger partial charge in [-0.1, -0.05) is 18.2 Å². The number of carbonyl (C=O) groups excluding carboxylic acids is 1. The molecule has 0 radical (unpaired) electrons. The van der Waals surface area contributed by atoms with Crippen LogP contribution in [0.25, 0.3) is 0 Å². The third-order valence-corrected chi connectivity index (χ3v) is 3.52. The Labute approximate surface area is 123 Å². The number of carboxylic acid groups (broad SMARTS) is 1. The standard InChI is InChI=1S/C15H19NO5/c1-20-13-5-3-2-4-11(13)8-16-12(6-7-15(18)19)9-21-10-14(16)17/h2-5,12H,6-10H2,1H3,(H,18,19). The number of ether oxygens (including phenoxy) is 2. The second kappa shape index (κ2) is 7.08. The number of methoxy groups -OCH3 is 1. The first-order chi connectivity index (χ1) is 10.1. The van der Waals surface area contributed by atoms with E-state index in [1.165, 1.54) is 0 Å². The summed E-state index contributed by atoms with van der Waals surface area (Å²) in [6.45, 7) is 0.809. The Bertz CT molecular complexity index is 517. The van der Waals surface area contributed by atoms with Gasteiger partial charge in [-0.25, -0.2) is 0 Å². The molecule has 0 aliphatic carbocycles. The lowest BCUT2D eigenvalue weighted by Crippen LogP contribution is -2.49. The van der Waals surface area contributed by atoms with Gasteiger partial charge in [0.1, 0.15) is 12.4 Å². The molecule has 1 fully saturated rings. The van der Waals surface area contributed by atoms with Crippen LogP contribution in [0.15, 0.2) is 24.3 Å². The fourth-order valence-corrected chi connectivity index (χ4v) is 2.42. The van der Waals surface area contributed by atoms with Gasteiger partial charge in [0.15, 0.2) is 0 Å². The zero-order chi connectivity index (χ0) is 15.2. The van der Waals surface area contributed by atoms with Crippen molar-refractivity contribution in [2.75, 3.05) is 20.3 Å². The molecular formula is C15H19NO5. The molecule has 1 saturated heterocycles. The molecule has 1 atom stereocenters. The minimum absolute atomic E-state index is 0.0176. The molecule has 6 heteroatoms. The third kappa shape index (κ3) is 3.95. The second-order valence-electron chi connectivity index (χ2n) is 4.93. The molecule has 114 valence electrons. The maximum absolute atomic E-state index is 12.1. The van der Waals surface area contributed by atoms with Gasteiger partial charge < -0.3 is 19.5 Å². The van der Waals surface area contributed by atoms with E-state index in [0.717, 1.165) is 5.56 Å². The predicted molar refractivity (Wildman–Crippen MR) is 75.0 cm³/mol. The number of nitrogens with zero attached hydrogens (tertiary/aromatic N) is 1. The SMILES string of the molecule is COc1ccccc1CN1C(=O)COCC1CCC(=O)O. The number of aliphatic carboxylic acids is 1. The number of benzene rings is 1. The molecule has 1 amide bonds. The molecule has 0 saturated carbocycles. The molecule has 1 aromatic carbocycles. The Kier molecular flexibility index (Phi) is 5.16. The number of hydrogen-bond acceptors (Lipinski definition) is 4. The number of amides is 1. The number of para-hydroxylation sites is 1. The van der Waals surface area contributed by atoms with Crippen molar-refractivity contribution in [1.82, 2.24) is 4.90 Å². The number of carbonyl (C=O) groups is 2. The largest absolute Gasteiger partial charge is 0.496 e. The van der Waals surface area contributed by atoms with E-state index in [-0.39, 0.29) is 25.0 Å². The van der Waals surface area contributed by atoms with Crippen LogP contribution in [-0.4, -0.2) is 48.2 Å². The van der Waals surface area contributed by atoms with E-state index < -0.39 is 5.97 Å². The van der Waals surface area contributed by atoms with Crippen molar-refractivity contribution >= 4 is 11.9 Å². The van der Waals surface area contributed by atoms with E-state index in [2.05, 4.69) is 0 Å². The van der Waals surface area contributed by atoms with Crippen molar-refractivity contribution < 1.29 is 24.2 Å². The maximum atomic E-state index is 12.1. The number of rotatable bonds is 6. The van der Waals surface area contributed by atoms with E-state index in [4.69, 9.17) is 14.6 Å². The Hall–Kier alpha value is -2.08. The minimum atomic E-state index is -0.870. The highest BCUT2D eigenvalue weighted by Gasteiger charge is 2.29. The van der Waals surface area contributed by atoms with E-state index in [1.807, 2.05) is 24.3 Å². The fraction of sp³-hybridized carbons (Fsp3) is 0.467. The molecule has 0 aromatic heterocycles. The van der Waals surface area contributed by atoms with Gasteiger partial charge in [-0.2, -0.15) is 0 Å². The quantitative estimate of drug-likeness (QED) is 0.855. The van der Waals surface area contributed by atoms with Crippen LogP contribution in [0.4, 0.5) is 0 Å². The minimum Gasteiger partial charge on any atom is -0.496 e. The van der Waals surface area contributed by atoms with Crippen molar-refractivity contribution in [1.29, 1.82) is 0 Å². The lowest BCUT2D eigenvalue weighted by molar-refractivity contribution is -0.151. The Morgan fingerprint density at radius 2 is 2.24 bits per heavy atom. The summed E-state index contributed by atoms with van der Waals surface area (Å²) in [7, 11) is 1.59. The molecular weight excluding hydrogens is 274 g/mol. The summed E-state index contributed by atoms with van der Waals surface area (Å²) in [6, 6.07) is 7.27. The molecule has 1 aliphatic heterocycles. The first kappa shape index (κ1) is 15.3. The van der Waals surface area contributed by atoms with Crippen molar-refractivity contribution in [2.45, 2.75) is 25.4 Å². The highest BCUT2D eigenvalue weighted by atomic mass is 16.5. The molecule has 1 aliphatic rings. The van der Waals surface area contributed by atoms with Crippen LogP contribution < -0.4 is 4.74 Å². The van der Waals surface area contributed by atoms with Gasteiger partial charge in [0, 0.05) is 18.5 Å². The summed E-state index contributed by atoms with van der Waals surface area (Å²) < 4.78 is 10.5. The average Bonchev–Trinajstić information content (AvgIpc) is 2.48. The fourth-order valence-electron chi connectivity index (χ4n) is 2.42. The number of hydrogen-bond donors (Lipinski definition) is 1. The Balaban J connectivity index is 2.12. The summed E-state index contributed by atoms with van der Waals surface area (Å²) in [4.78, 5) is 24.5. The lowest BCUT2D eigenvalue weighted by Gasteiger charge is -2.35. The average molecular weight is 293 g/mol. The normalized spacial score (nSPS) is 18.6. The molecule has 1 aromatic rings. The molecule has 21 heavy (non-hydrogen) atoms. The van der Waals surface area contributed by atoms with Gasteiger partial charge in [-0.3, -0.25) is 9.59 Å². The van der Waals surface area contributed by atoms with Crippen molar-refractivity contribution in [2.24, 2.45) is 0 Å². The van der Waals surface area contributed by atoms with Crippen molar-refractivity contribution in [3.8, 4) is 5.75 Å². The van der Waals surface area contributed by atoms with Crippen LogP contribution in [-0.2, 0) is 20.9 Å². The smallest absolute Gasteiger partial charge is 0.303 e. The monoisotopic (exact) mass is 293 g/mol. The van der Waals surface area contributed by atoms with Crippen LogP contribution in [0.5, 0.6) is 5.75 Å². The second-order valence-corrected chi connectivity index (χ2v) is 4.93. The van der Waals surface area contributed by atoms with E-state index in [1.54, 1.807) is 12.0 Å². The van der Waals surface area contributed by atoms with Crippen molar-refractivity contribution in [3.63, 3.8) is 0 Å². The predicted octanol–water partition coefficient (Wildman–Crippen LogP) is 1.29. The number of carboxylic acids is 1. The first-order valence-electron chi connectivity index (χ1n) is 6.82. The molecule has 1 heterocycles. The molecule has 1 unspecified atom stereocenters. The molecule has 1 N–H and O–H groups in total. The van der Waals surface area contributed by atoms with Gasteiger partial charge in [-0.15, -0.1) is 0 Å². The van der Waals surface area contributed by atoms with Gasteiger partial charge in [-0.05, 0) is 12.5 Å². The van der Waals surface area contributed by atoms with Gasteiger partial charge in [0.05, 0.1) is 19.8 Å². The van der Waals surface area contributed by atoms with Crippen LogP contribution in [0.2, 0.25) is 0 Å². The molecule has 0 bridgehead atoms. The van der Waals surface area contributed by atoms with E-state index in [0.29, 0.717) is 25.3 Å². The first-order valence-corrected chi connectivity index (χ1v) is 6.82. The maximum Gasteiger partial charge on any atom is 0.303 e. The zero-order valence-electron chi connectivity index (χ0n) is 11.9. The highest BCUT2D eigenvalue weighted by molar-refractivity contribution is 5.78. The van der Waals surface area contributed by atoms with E-state index >= 15 is 0 Å². The van der Waals surface area contributed by atoms with Crippen LogP contribution in [0.3, 0.4) is 0 Å². The summed E-state index contributed by atoms with van der Waals surface area (Å²) >= 11 is 0. The summed E-state index contributed by atoms with van der Waals surface area (Å²) in [5.41, 5.74) is 0.899.